The summed E-state index contributed by atoms with van der Waals surface area (Å²) in [6.07, 6.45) is 12.5. The summed E-state index contributed by atoms with van der Waals surface area (Å²) in [7, 11) is 0. The van der Waals surface area contributed by atoms with E-state index in [0.717, 1.165) is 37.3 Å². The molecule has 4 aromatic rings. The van der Waals surface area contributed by atoms with Crippen LogP contribution in [-0.2, 0) is 16.0 Å². The van der Waals surface area contributed by atoms with Crippen molar-refractivity contribution in [2.75, 3.05) is 36.4 Å². The van der Waals surface area contributed by atoms with Gasteiger partial charge in [-0.05, 0) is 70.2 Å². The Labute approximate surface area is 273 Å². The highest BCUT2D eigenvalue weighted by atomic mass is 19.1. The first-order valence-corrected chi connectivity index (χ1v) is 16.1. The molecule has 0 saturated carbocycles. The normalized spacial score (nSPS) is 14.0. The topological polar surface area (TPSA) is 127 Å². The number of anilines is 3. The van der Waals surface area contributed by atoms with Crippen LogP contribution in [0.3, 0.4) is 0 Å². The lowest BCUT2D eigenvalue weighted by Gasteiger charge is -2.32. The second-order valence-corrected chi connectivity index (χ2v) is 12.8. The Balaban J connectivity index is 1.21. The fraction of sp³-hybridized carbons (Fsp3) is 0.471. The van der Waals surface area contributed by atoms with Gasteiger partial charge in [-0.15, -0.1) is 0 Å². The van der Waals surface area contributed by atoms with E-state index in [1.807, 2.05) is 17.0 Å². The van der Waals surface area contributed by atoms with Gasteiger partial charge < -0.3 is 19.5 Å². The number of nitrogens with zero attached hydrogens (tertiary/aromatic N) is 6. The predicted octanol–water partition coefficient (Wildman–Crippen LogP) is 5.93. The summed E-state index contributed by atoms with van der Waals surface area (Å²) in [6.45, 7) is 8.54. The molecule has 0 unspecified atom stereocenters. The van der Waals surface area contributed by atoms with Crippen molar-refractivity contribution in [3.05, 3.63) is 65.9 Å². The van der Waals surface area contributed by atoms with Gasteiger partial charge in [-0.3, -0.25) is 14.9 Å². The third kappa shape index (κ3) is 8.64. The first-order chi connectivity index (χ1) is 22.5. The first kappa shape index (κ1) is 33.8. The molecule has 13 heteroatoms. The number of piperidine rings is 1. The van der Waals surface area contributed by atoms with Crippen LogP contribution < -0.4 is 15.5 Å². The average Bonchev–Trinajstić information content (AvgIpc) is 3.38. The molecule has 0 amide bonds. The summed E-state index contributed by atoms with van der Waals surface area (Å²) in [5, 5.41) is 5.75. The van der Waals surface area contributed by atoms with Gasteiger partial charge in [0.1, 0.15) is 29.2 Å². The van der Waals surface area contributed by atoms with Gasteiger partial charge in [-0.25, -0.2) is 28.7 Å². The van der Waals surface area contributed by atoms with Crippen molar-refractivity contribution >= 4 is 40.2 Å². The molecule has 1 saturated heterocycles. The Morgan fingerprint density at radius 1 is 1.00 bits per heavy atom. The Kier molecular flexibility index (Phi) is 10.7. The average molecular weight is 649 g/mol. The number of carbonyl (C=O) groups excluding carboxylic acids is 2. The molecule has 1 aliphatic heterocycles. The van der Waals surface area contributed by atoms with Crippen LogP contribution in [0.5, 0.6) is 0 Å². The number of halogens is 2. The van der Waals surface area contributed by atoms with Gasteiger partial charge in [-0.2, -0.15) is 0 Å². The lowest BCUT2D eigenvalue weighted by atomic mass is 10.1. The molecule has 11 nitrogen and oxygen atoms in total. The minimum absolute atomic E-state index is 0.000257. The number of carbonyl (C=O) groups is 2. The van der Waals surface area contributed by atoms with E-state index in [2.05, 4.69) is 42.4 Å². The fourth-order valence-corrected chi connectivity index (χ4v) is 5.65. The molecule has 0 spiro atoms. The van der Waals surface area contributed by atoms with E-state index in [1.165, 1.54) is 37.5 Å². The number of hydrogen-bond donors (Lipinski definition) is 2. The minimum atomic E-state index is -0.710. The summed E-state index contributed by atoms with van der Waals surface area (Å²) in [5.74, 6) is -1.30. The number of fused-ring (bicyclic) bond motifs is 1. The monoisotopic (exact) mass is 648 g/mol. The SMILES string of the molecule is CCCCCc1cnc(N2CCC(n3cc(F)c4c(Nc5ccc(C(=O)CNCC(=O)OC(C)(C)C)cc5F)ncnc43)CC2)nc1. The number of rotatable bonds is 13. The number of Topliss-reactive ketones (excluding diaryl/α,β-unsaturated/α-hetero) is 1. The van der Waals surface area contributed by atoms with Crippen LogP contribution in [0.25, 0.3) is 11.0 Å². The Hall–Kier alpha value is -4.52. The minimum Gasteiger partial charge on any atom is -0.459 e. The van der Waals surface area contributed by atoms with Crippen molar-refractivity contribution < 1.29 is 23.1 Å². The second-order valence-electron chi connectivity index (χ2n) is 12.8. The van der Waals surface area contributed by atoms with Gasteiger partial charge in [0.15, 0.2) is 11.6 Å². The van der Waals surface area contributed by atoms with Crippen molar-refractivity contribution in [2.24, 2.45) is 0 Å². The van der Waals surface area contributed by atoms with Crippen molar-refractivity contribution in [1.82, 2.24) is 29.8 Å². The zero-order valence-electron chi connectivity index (χ0n) is 27.4. The number of aryl methyl sites for hydroxylation is 1. The number of unbranched alkanes of at least 4 members (excludes halogenated alkanes) is 2. The number of ketones is 1. The lowest BCUT2D eigenvalue weighted by molar-refractivity contribution is -0.153. The lowest BCUT2D eigenvalue weighted by Crippen LogP contribution is -2.35. The number of esters is 1. The summed E-state index contributed by atoms with van der Waals surface area (Å²) in [4.78, 5) is 44.3. The molecule has 0 radical (unpaired) electrons. The molecule has 250 valence electrons. The van der Waals surface area contributed by atoms with Gasteiger partial charge in [0, 0.05) is 43.3 Å². The highest BCUT2D eigenvalue weighted by Crippen LogP contribution is 2.33. The Bertz CT molecular complexity index is 1700. The molecule has 47 heavy (non-hydrogen) atoms. The summed E-state index contributed by atoms with van der Waals surface area (Å²) < 4.78 is 37.6. The van der Waals surface area contributed by atoms with Gasteiger partial charge >= 0.3 is 5.97 Å². The summed E-state index contributed by atoms with van der Waals surface area (Å²) in [5.41, 5.74) is 1.07. The molecule has 3 aromatic heterocycles. The number of ether oxygens (including phenoxy) is 1. The van der Waals surface area contributed by atoms with E-state index >= 15 is 8.78 Å². The maximum atomic E-state index is 15.4. The Morgan fingerprint density at radius 3 is 2.43 bits per heavy atom. The predicted molar refractivity (Wildman–Crippen MR) is 176 cm³/mol. The van der Waals surface area contributed by atoms with Gasteiger partial charge in [0.25, 0.3) is 0 Å². The highest BCUT2D eigenvalue weighted by Gasteiger charge is 2.26. The van der Waals surface area contributed by atoms with Crippen LogP contribution >= 0.6 is 0 Å². The Morgan fingerprint density at radius 2 is 1.74 bits per heavy atom. The van der Waals surface area contributed by atoms with Gasteiger partial charge in [0.05, 0.1) is 24.2 Å². The molecule has 1 aliphatic rings. The van der Waals surface area contributed by atoms with E-state index in [0.29, 0.717) is 24.7 Å². The molecule has 2 N–H and O–H groups in total. The zero-order chi connectivity index (χ0) is 33.6. The highest BCUT2D eigenvalue weighted by molar-refractivity contribution is 5.98. The number of aromatic nitrogens is 5. The zero-order valence-corrected chi connectivity index (χ0v) is 27.4. The van der Waals surface area contributed by atoms with Crippen LogP contribution in [-0.4, -0.2) is 68.0 Å². The van der Waals surface area contributed by atoms with Crippen LogP contribution in [0.4, 0.5) is 26.2 Å². The third-order valence-corrected chi connectivity index (χ3v) is 7.98. The van der Waals surface area contributed by atoms with Crippen LogP contribution in [0.2, 0.25) is 0 Å². The van der Waals surface area contributed by atoms with Crippen LogP contribution in [0.1, 0.15) is 81.8 Å². The van der Waals surface area contributed by atoms with Crippen molar-refractivity contribution in [1.29, 1.82) is 0 Å². The van der Waals surface area contributed by atoms with Crippen LogP contribution in [0.15, 0.2) is 43.1 Å². The van der Waals surface area contributed by atoms with E-state index in [4.69, 9.17) is 4.74 Å². The molecule has 4 heterocycles. The second kappa shape index (κ2) is 14.9. The molecule has 5 rings (SSSR count). The molecular formula is C34H42F2N8O3. The number of benzene rings is 1. The van der Waals surface area contributed by atoms with Gasteiger partial charge in [0.2, 0.25) is 5.95 Å². The van der Waals surface area contributed by atoms with Crippen molar-refractivity contribution in [3.63, 3.8) is 0 Å². The quantitative estimate of drug-likeness (QED) is 0.102. The molecule has 1 aromatic carbocycles. The van der Waals surface area contributed by atoms with E-state index in [-0.39, 0.29) is 41.6 Å². The first-order valence-electron chi connectivity index (χ1n) is 16.1. The molecule has 0 bridgehead atoms. The standard InChI is InChI=1S/C34H42F2N8O3/c1-5-6-7-8-22-16-38-33(39-17-22)43-13-11-24(12-14-43)44-20-26(36)30-31(40-21-41-32(30)44)42-27-10-9-23(15-25(27)35)28(45)18-37-19-29(46)47-34(2,3)4/h9-10,15-17,20-21,24,37H,5-8,11-14,18-19H2,1-4H3,(H,40,41,42). The largest absolute Gasteiger partial charge is 0.459 e. The molecular weight excluding hydrogens is 606 g/mol. The van der Waals surface area contributed by atoms with E-state index in [1.54, 1.807) is 20.8 Å². The third-order valence-electron chi connectivity index (χ3n) is 7.98. The van der Waals surface area contributed by atoms with E-state index < -0.39 is 29.0 Å². The van der Waals surface area contributed by atoms with Crippen LogP contribution in [0, 0.1) is 11.6 Å². The summed E-state index contributed by atoms with van der Waals surface area (Å²) >= 11 is 0. The van der Waals surface area contributed by atoms with Gasteiger partial charge in [-0.1, -0.05) is 19.8 Å². The molecule has 0 atom stereocenters. The maximum absolute atomic E-state index is 15.4. The smallest absolute Gasteiger partial charge is 0.320 e. The van der Waals surface area contributed by atoms with Crippen molar-refractivity contribution in [2.45, 2.75) is 77.9 Å². The van der Waals surface area contributed by atoms with E-state index in [9.17, 15) is 9.59 Å². The van der Waals surface area contributed by atoms with Crippen molar-refractivity contribution in [3.8, 4) is 0 Å². The number of nitrogens with one attached hydrogen (secondary N) is 2. The summed E-state index contributed by atoms with van der Waals surface area (Å²) in [6, 6.07) is 3.95. The maximum Gasteiger partial charge on any atom is 0.320 e. The molecule has 1 fully saturated rings. The number of hydrogen-bond acceptors (Lipinski definition) is 10. The fourth-order valence-electron chi connectivity index (χ4n) is 5.65. The molecule has 0 aliphatic carbocycles.